The highest BCUT2D eigenvalue weighted by atomic mass is 35.5. The van der Waals surface area contributed by atoms with Gasteiger partial charge in [0.25, 0.3) is 10.1 Å². The summed E-state index contributed by atoms with van der Waals surface area (Å²) in [7, 11) is -3.64. The molecule has 9 nitrogen and oxygen atoms in total. The van der Waals surface area contributed by atoms with Crippen molar-refractivity contribution in [3.63, 3.8) is 0 Å². The molecule has 0 atom stereocenters. The molecule has 0 saturated carbocycles. The number of hydrogen-bond donors (Lipinski definition) is 0. The Morgan fingerprint density at radius 2 is 1.57 bits per heavy atom. The van der Waals surface area contributed by atoms with Crippen LogP contribution in [-0.2, 0) is 25.6 Å². The lowest BCUT2D eigenvalue weighted by atomic mass is 10.0. The van der Waals surface area contributed by atoms with Crippen molar-refractivity contribution in [1.82, 2.24) is 9.88 Å². The minimum Gasteiger partial charge on any atom is -0.456 e. The van der Waals surface area contributed by atoms with E-state index in [-0.39, 0.29) is 12.7 Å². The van der Waals surface area contributed by atoms with Crippen LogP contribution < -0.4 is 9.64 Å². The summed E-state index contributed by atoms with van der Waals surface area (Å²) in [4.78, 5) is 20.7. The van der Waals surface area contributed by atoms with Gasteiger partial charge in [0.1, 0.15) is 22.9 Å². The van der Waals surface area contributed by atoms with Gasteiger partial charge in [0, 0.05) is 36.2 Å². The highest BCUT2D eigenvalue weighted by Crippen LogP contribution is 2.33. The van der Waals surface area contributed by atoms with Crippen LogP contribution in [0, 0.1) is 0 Å². The fourth-order valence-electron chi connectivity index (χ4n) is 4.07. The molecule has 4 rings (SSSR count). The number of aromatic nitrogens is 1. The van der Waals surface area contributed by atoms with E-state index in [1.807, 2.05) is 26.8 Å². The molecule has 214 valence electrons. The third kappa shape index (κ3) is 8.72. The molecular weight excluding hydrogens is 577 g/mol. The molecule has 1 fully saturated rings. The van der Waals surface area contributed by atoms with Crippen molar-refractivity contribution in [2.45, 2.75) is 33.0 Å². The lowest BCUT2D eigenvalue weighted by Gasteiger charge is -2.36. The molecule has 12 heteroatoms. The summed E-state index contributed by atoms with van der Waals surface area (Å²) < 4.78 is 39.7. The van der Waals surface area contributed by atoms with E-state index in [0.717, 1.165) is 23.2 Å². The number of amides is 1. The maximum absolute atomic E-state index is 12.3. The molecule has 1 aromatic heterocycles. The van der Waals surface area contributed by atoms with Gasteiger partial charge in [-0.25, -0.2) is 9.78 Å². The monoisotopic (exact) mass is 607 g/mol. The van der Waals surface area contributed by atoms with E-state index in [9.17, 15) is 13.2 Å². The first-order chi connectivity index (χ1) is 18.7. The highest BCUT2D eigenvalue weighted by molar-refractivity contribution is 7.85. The summed E-state index contributed by atoms with van der Waals surface area (Å²) in [5.74, 6) is 1.72. The van der Waals surface area contributed by atoms with E-state index in [4.69, 9.17) is 36.9 Å². The first-order valence-electron chi connectivity index (χ1n) is 12.6. The summed E-state index contributed by atoms with van der Waals surface area (Å²) in [5, 5.41) is 0.934. The van der Waals surface area contributed by atoms with Gasteiger partial charge in [-0.3, -0.25) is 4.18 Å². The third-order valence-corrected chi connectivity index (χ3v) is 6.80. The normalized spacial score (nSPS) is 14.2. The van der Waals surface area contributed by atoms with E-state index in [0.29, 0.717) is 53.3 Å². The van der Waals surface area contributed by atoms with Crippen molar-refractivity contribution in [2.24, 2.45) is 0 Å². The van der Waals surface area contributed by atoms with Crippen molar-refractivity contribution in [1.29, 1.82) is 0 Å². The molecule has 0 unspecified atom stereocenters. The number of ether oxygens (including phenoxy) is 2. The van der Waals surface area contributed by atoms with Gasteiger partial charge in [-0.05, 0) is 86.0 Å². The van der Waals surface area contributed by atoms with Crippen LogP contribution >= 0.6 is 23.2 Å². The number of anilines is 1. The molecule has 0 aliphatic carbocycles. The molecule has 0 bridgehead atoms. The van der Waals surface area contributed by atoms with Crippen molar-refractivity contribution in [3.8, 4) is 22.6 Å². The Balaban J connectivity index is 1.48. The zero-order valence-electron chi connectivity index (χ0n) is 22.7. The minimum absolute atomic E-state index is 0.163. The van der Waals surface area contributed by atoms with Crippen LogP contribution in [0.25, 0.3) is 11.1 Å². The van der Waals surface area contributed by atoms with Gasteiger partial charge < -0.3 is 19.3 Å². The van der Waals surface area contributed by atoms with Crippen molar-refractivity contribution < 1.29 is 26.9 Å². The number of hydrogen-bond acceptors (Lipinski definition) is 8. The molecular formula is C28H31Cl2N3O6S. The van der Waals surface area contributed by atoms with Crippen LogP contribution in [0.2, 0.25) is 10.0 Å². The van der Waals surface area contributed by atoms with E-state index in [2.05, 4.69) is 9.88 Å². The van der Waals surface area contributed by atoms with Crippen LogP contribution in [0.3, 0.4) is 0 Å². The van der Waals surface area contributed by atoms with Gasteiger partial charge in [-0.2, -0.15) is 8.42 Å². The van der Waals surface area contributed by atoms with E-state index in [1.54, 1.807) is 53.6 Å². The SMILES string of the molecule is CC(C)(C)OC(=O)N1CCN(c2ccc(Oc3cc(COS(C)(=O)=O)cc(-c4cc(Cl)cc(Cl)c4)c3)cn2)CC1. The first kappa shape index (κ1) is 29.9. The average molecular weight is 609 g/mol. The van der Waals surface area contributed by atoms with Gasteiger partial charge >= 0.3 is 6.09 Å². The molecule has 0 N–H and O–H groups in total. The Labute approximate surface area is 244 Å². The number of carbonyl (C=O) groups excluding carboxylic acids is 1. The van der Waals surface area contributed by atoms with Gasteiger partial charge in [0.05, 0.1) is 19.1 Å². The summed E-state index contributed by atoms with van der Waals surface area (Å²) >= 11 is 12.4. The molecule has 3 aromatic rings. The summed E-state index contributed by atoms with van der Waals surface area (Å²) in [6, 6.07) is 14.1. The predicted molar refractivity (Wildman–Crippen MR) is 156 cm³/mol. The topological polar surface area (TPSA) is 98.3 Å². The fraction of sp³-hybridized carbons (Fsp3) is 0.357. The number of halogens is 2. The Bertz CT molecular complexity index is 1450. The molecule has 0 radical (unpaired) electrons. The molecule has 1 amide bonds. The molecule has 2 aromatic carbocycles. The minimum atomic E-state index is -3.64. The Hall–Kier alpha value is -3.05. The second kappa shape index (κ2) is 12.2. The Morgan fingerprint density at radius 3 is 2.15 bits per heavy atom. The lowest BCUT2D eigenvalue weighted by molar-refractivity contribution is 0.0240. The van der Waals surface area contributed by atoms with Crippen molar-refractivity contribution in [3.05, 3.63) is 70.3 Å². The maximum atomic E-state index is 12.3. The zero-order valence-corrected chi connectivity index (χ0v) is 25.0. The quantitative estimate of drug-likeness (QED) is 0.285. The standard InChI is InChI=1S/C28H31Cl2N3O6S/c1-28(2,3)39-27(34)33-9-7-32(8-10-33)26-6-5-24(17-31-26)38-25-12-19(18-37-40(4,35)36)11-20(15-25)21-13-22(29)16-23(30)14-21/h5-6,11-17H,7-10,18H2,1-4H3. The second-order valence-corrected chi connectivity index (χ2v) is 12.9. The van der Waals surface area contributed by atoms with E-state index < -0.39 is 15.7 Å². The lowest BCUT2D eigenvalue weighted by Crippen LogP contribution is -2.50. The van der Waals surface area contributed by atoms with Gasteiger partial charge in [0.2, 0.25) is 0 Å². The highest BCUT2D eigenvalue weighted by Gasteiger charge is 2.26. The third-order valence-electron chi connectivity index (χ3n) is 5.81. The Morgan fingerprint density at radius 1 is 0.925 bits per heavy atom. The van der Waals surface area contributed by atoms with Gasteiger partial charge in [-0.15, -0.1) is 0 Å². The number of carbonyl (C=O) groups is 1. The van der Waals surface area contributed by atoms with Crippen molar-refractivity contribution >= 4 is 45.2 Å². The number of rotatable bonds is 7. The van der Waals surface area contributed by atoms with Crippen LogP contribution in [0.5, 0.6) is 11.5 Å². The van der Waals surface area contributed by atoms with E-state index >= 15 is 0 Å². The molecule has 1 saturated heterocycles. The van der Waals surface area contributed by atoms with Crippen LogP contribution in [0.1, 0.15) is 26.3 Å². The largest absolute Gasteiger partial charge is 0.456 e. The summed E-state index contributed by atoms with van der Waals surface area (Å²) in [6.07, 6.45) is 2.30. The van der Waals surface area contributed by atoms with Crippen LogP contribution in [0.15, 0.2) is 54.7 Å². The number of pyridine rings is 1. The van der Waals surface area contributed by atoms with Crippen molar-refractivity contribution in [2.75, 3.05) is 37.3 Å². The van der Waals surface area contributed by atoms with Gasteiger partial charge in [0.15, 0.2) is 0 Å². The fourth-order valence-corrected chi connectivity index (χ4v) is 4.94. The second-order valence-electron chi connectivity index (χ2n) is 10.4. The molecule has 40 heavy (non-hydrogen) atoms. The number of piperazine rings is 1. The maximum Gasteiger partial charge on any atom is 0.410 e. The molecule has 2 heterocycles. The molecule has 0 spiro atoms. The summed E-state index contributed by atoms with van der Waals surface area (Å²) in [6.45, 7) is 7.71. The zero-order chi connectivity index (χ0) is 29.1. The number of benzene rings is 2. The van der Waals surface area contributed by atoms with Crippen LogP contribution in [0.4, 0.5) is 10.6 Å². The number of nitrogens with zero attached hydrogens (tertiary/aromatic N) is 3. The van der Waals surface area contributed by atoms with Gasteiger partial charge in [-0.1, -0.05) is 23.2 Å². The molecule has 1 aliphatic heterocycles. The summed E-state index contributed by atoms with van der Waals surface area (Å²) in [5.41, 5.74) is 1.51. The molecule has 1 aliphatic rings. The smallest absolute Gasteiger partial charge is 0.410 e. The average Bonchev–Trinajstić information content (AvgIpc) is 2.86. The first-order valence-corrected chi connectivity index (χ1v) is 15.1. The Kier molecular flexibility index (Phi) is 9.14. The van der Waals surface area contributed by atoms with E-state index in [1.165, 1.54) is 0 Å². The predicted octanol–water partition coefficient (Wildman–Crippen LogP) is 6.38. The van der Waals surface area contributed by atoms with Crippen LogP contribution in [-0.4, -0.2) is 62.4 Å².